The third-order valence-corrected chi connectivity index (χ3v) is 4.28. The average Bonchev–Trinajstić information content (AvgIpc) is 2.60. The number of carbonyl (C=O) groups excluding carboxylic acids is 1. The van der Waals surface area contributed by atoms with Crippen molar-refractivity contribution in [2.75, 3.05) is 11.4 Å². The van der Waals surface area contributed by atoms with Crippen molar-refractivity contribution in [1.29, 1.82) is 0 Å². The second kappa shape index (κ2) is 6.68. The van der Waals surface area contributed by atoms with Gasteiger partial charge in [0.1, 0.15) is 0 Å². The summed E-state index contributed by atoms with van der Waals surface area (Å²) in [4.78, 5) is 14.9. The first-order valence-corrected chi connectivity index (χ1v) is 7.86. The monoisotopic (exact) mass is 304 g/mol. The summed E-state index contributed by atoms with van der Waals surface area (Å²) in [6, 6.07) is 17.8. The molecule has 0 saturated heterocycles. The smallest absolute Gasteiger partial charge is 0.258 e. The van der Waals surface area contributed by atoms with E-state index in [2.05, 4.69) is 24.2 Å². The van der Waals surface area contributed by atoms with Crippen LogP contribution in [0.5, 0.6) is 0 Å². The number of benzene rings is 2. The van der Waals surface area contributed by atoms with Gasteiger partial charge in [-0.05, 0) is 37.1 Å². The molecule has 23 heavy (non-hydrogen) atoms. The molecule has 1 aliphatic rings. The molecule has 3 rings (SSSR count). The highest BCUT2D eigenvalue weighted by molar-refractivity contribution is 6.07. The molecular weight excluding hydrogens is 284 g/mol. The Kier molecular flexibility index (Phi) is 4.45. The summed E-state index contributed by atoms with van der Waals surface area (Å²) in [5.74, 6) is 2.67. The van der Waals surface area contributed by atoms with Crippen LogP contribution in [0.15, 0.2) is 54.6 Å². The topological polar surface area (TPSA) is 32.3 Å². The minimum Gasteiger partial charge on any atom is -0.305 e. The van der Waals surface area contributed by atoms with Crippen molar-refractivity contribution in [2.45, 2.75) is 25.4 Å². The van der Waals surface area contributed by atoms with Gasteiger partial charge in [0.15, 0.2) is 0 Å². The number of nitrogens with zero attached hydrogens (tertiary/aromatic N) is 1. The molecule has 3 heteroatoms. The van der Waals surface area contributed by atoms with Crippen molar-refractivity contribution >= 4 is 11.6 Å². The first kappa shape index (κ1) is 15.3. The minimum atomic E-state index is 0.0425. The fourth-order valence-electron chi connectivity index (χ4n) is 3.22. The summed E-state index contributed by atoms with van der Waals surface area (Å²) in [5.41, 5.74) is 2.81. The van der Waals surface area contributed by atoms with Gasteiger partial charge in [-0.2, -0.15) is 0 Å². The second-order valence-electron chi connectivity index (χ2n) is 5.82. The molecule has 2 aromatic carbocycles. The van der Waals surface area contributed by atoms with Crippen molar-refractivity contribution in [3.8, 4) is 12.3 Å². The molecule has 0 radical (unpaired) electrons. The summed E-state index contributed by atoms with van der Waals surface area (Å²) >= 11 is 0. The number of rotatable bonds is 3. The van der Waals surface area contributed by atoms with Crippen molar-refractivity contribution in [1.82, 2.24) is 5.32 Å². The molecule has 2 unspecified atom stereocenters. The van der Waals surface area contributed by atoms with Crippen LogP contribution in [0.25, 0.3) is 0 Å². The highest BCUT2D eigenvalue weighted by atomic mass is 16.2. The van der Waals surface area contributed by atoms with Gasteiger partial charge in [-0.15, -0.1) is 6.42 Å². The minimum absolute atomic E-state index is 0.0425. The average molecular weight is 304 g/mol. The molecular formula is C20H20N2O. The van der Waals surface area contributed by atoms with Crippen LogP contribution < -0.4 is 10.2 Å². The predicted octanol–water partition coefficient (Wildman–Crippen LogP) is 3.39. The highest BCUT2D eigenvalue weighted by Crippen LogP contribution is 2.37. The Morgan fingerprint density at radius 1 is 1.22 bits per heavy atom. The lowest BCUT2D eigenvalue weighted by Gasteiger charge is -2.39. The van der Waals surface area contributed by atoms with Crippen LogP contribution in [0.3, 0.4) is 0 Å². The number of para-hydroxylation sites is 1. The van der Waals surface area contributed by atoms with Crippen LogP contribution >= 0.6 is 0 Å². The lowest BCUT2D eigenvalue weighted by Crippen LogP contribution is -2.45. The Morgan fingerprint density at radius 3 is 2.65 bits per heavy atom. The number of fused-ring (bicyclic) bond motifs is 1. The van der Waals surface area contributed by atoms with E-state index in [9.17, 15) is 4.79 Å². The van der Waals surface area contributed by atoms with Crippen LogP contribution in [-0.2, 0) is 0 Å². The summed E-state index contributed by atoms with van der Waals surface area (Å²) in [6.07, 6.45) is 6.22. The second-order valence-corrected chi connectivity index (χ2v) is 5.82. The molecule has 0 spiro atoms. The van der Waals surface area contributed by atoms with Gasteiger partial charge in [0, 0.05) is 23.3 Å². The maximum Gasteiger partial charge on any atom is 0.258 e. The third-order valence-electron chi connectivity index (χ3n) is 4.28. The molecule has 1 heterocycles. The van der Waals surface area contributed by atoms with Crippen LogP contribution in [0.2, 0.25) is 0 Å². The number of amides is 1. The molecule has 0 fully saturated rings. The van der Waals surface area contributed by atoms with Gasteiger partial charge in [-0.25, -0.2) is 0 Å². The lowest BCUT2D eigenvalue weighted by molar-refractivity contribution is 0.0973. The molecule has 1 aliphatic heterocycles. The zero-order valence-electron chi connectivity index (χ0n) is 13.2. The standard InChI is InChI=1S/C20H20N2O/c1-3-13-21-18-14-15(2)22(19-12-8-7-11-17(18)19)20(23)16-9-5-4-6-10-16/h1,4-12,15,18,21H,13-14H2,2H3. The van der Waals surface area contributed by atoms with Crippen LogP contribution in [0, 0.1) is 12.3 Å². The molecule has 1 N–H and O–H groups in total. The van der Waals surface area contributed by atoms with Crippen LogP contribution in [-0.4, -0.2) is 18.5 Å². The van der Waals surface area contributed by atoms with Gasteiger partial charge in [-0.3, -0.25) is 10.1 Å². The van der Waals surface area contributed by atoms with E-state index in [1.54, 1.807) is 0 Å². The van der Waals surface area contributed by atoms with Crippen molar-refractivity contribution in [3.63, 3.8) is 0 Å². The Hall–Kier alpha value is -2.57. The van der Waals surface area contributed by atoms with E-state index < -0.39 is 0 Å². The number of nitrogens with one attached hydrogen (secondary N) is 1. The van der Waals surface area contributed by atoms with E-state index in [1.807, 2.05) is 53.4 Å². The zero-order chi connectivity index (χ0) is 16.2. The summed E-state index contributed by atoms with van der Waals surface area (Å²) in [5, 5.41) is 3.38. The largest absolute Gasteiger partial charge is 0.305 e. The molecule has 2 atom stereocenters. The molecule has 0 saturated carbocycles. The zero-order valence-corrected chi connectivity index (χ0v) is 13.2. The molecule has 1 amide bonds. The van der Waals surface area contributed by atoms with Crippen molar-refractivity contribution < 1.29 is 4.79 Å². The van der Waals surface area contributed by atoms with Gasteiger partial charge in [-0.1, -0.05) is 42.3 Å². The Balaban J connectivity index is 1.98. The number of anilines is 1. The van der Waals surface area contributed by atoms with E-state index in [4.69, 9.17) is 6.42 Å². The molecule has 2 aromatic rings. The number of terminal acetylenes is 1. The normalized spacial score (nSPS) is 19.7. The lowest BCUT2D eigenvalue weighted by atomic mass is 9.91. The Bertz CT molecular complexity index is 733. The fraction of sp³-hybridized carbons (Fsp3) is 0.250. The van der Waals surface area contributed by atoms with Gasteiger partial charge in [0.2, 0.25) is 0 Å². The first-order chi connectivity index (χ1) is 11.2. The van der Waals surface area contributed by atoms with E-state index in [-0.39, 0.29) is 18.0 Å². The predicted molar refractivity (Wildman–Crippen MR) is 93.3 cm³/mol. The maximum absolute atomic E-state index is 13.0. The summed E-state index contributed by atoms with van der Waals surface area (Å²) < 4.78 is 0. The van der Waals surface area contributed by atoms with Crippen molar-refractivity contribution in [2.24, 2.45) is 0 Å². The fourth-order valence-corrected chi connectivity index (χ4v) is 3.22. The highest BCUT2D eigenvalue weighted by Gasteiger charge is 2.33. The Labute approximate surface area is 137 Å². The molecule has 3 nitrogen and oxygen atoms in total. The quantitative estimate of drug-likeness (QED) is 0.882. The van der Waals surface area contributed by atoms with Gasteiger partial charge >= 0.3 is 0 Å². The number of hydrogen-bond donors (Lipinski definition) is 1. The van der Waals surface area contributed by atoms with E-state index >= 15 is 0 Å². The summed E-state index contributed by atoms with van der Waals surface area (Å²) in [7, 11) is 0. The molecule has 116 valence electrons. The van der Waals surface area contributed by atoms with Gasteiger partial charge < -0.3 is 4.90 Å². The van der Waals surface area contributed by atoms with Gasteiger partial charge in [0.25, 0.3) is 5.91 Å². The number of hydrogen-bond acceptors (Lipinski definition) is 2. The SMILES string of the molecule is C#CCNC1CC(C)N(C(=O)c2ccccc2)c2ccccc21. The Morgan fingerprint density at radius 2 is 1.91 bits per heavy atom. The molecule has 0 aromatic heterocycles. The van der Waals surface area contributed by atoms with E-state index in [0.717, 1.165) is 17.7 Å². The van der Waals surface area contributed by atoms with E-state index in [1.165, 1.54) is 0 Å². The first-order valence-electron chi connectivity index (χ1n) is 7.86. The van der Waals surface area contributed by atoms with E-state index in [0.29, 0.717) is 12.1 Å². The number of carbonyl (C=O) groups is 1. The van der Waals surface area contributed by atoms with Gasteiger partial charge in [0.05, 0.1) is 6.54 Å². The van der Waals surface area contributed by atoms with Crippen LogP contribution in [0.4, 0.5) is 5.69 Å². The van der Waals surface area contributed by atoms with Crippen molar-refractivity contribution in [3.05, 3.63) is 65.7 Å². The third kappa shape index (κ3) is 2.99. The molecule has 0 aliphatic carbocycles. The maximum atomic E-state index is 13.0. The molecule has 0 bridgehead atoms. The summed E-state index contributed by atoms with van der Waals surface area (Å²) in [6.45, 7) is 2.61. The van der Waals surface area contributed by atoms with Crippen LogP contribution in [0.1, 0.15) is 35.3 Å².